The lowest BCUT2D eigenvalue weighted by Gasteiger charge is -2.12. The van der Waals surface area contributed by atoms with Gasteiger partial charge in [-0.1, -0.05) is 121 Å². The Kier molecular flexibility index (Phi) is 4.49. The molecule has 37 heavy (non-hydrogen) atoms. The second kappa shape index (κ2) is 8.03. The zero-order chi connectivity index (χ0) is 24.3. The normalized spacial score (nSPS) is 11.8. The minimum atomic E-state index is 1.25. The molecule has 0 saturated carbocycles. The van der Waals surface area contributed by atoms with E-state index in [1.54, 1.807) is 0 Å². The van der Waals surface area contributed by atoms with Gasteiger partial charge in [0.25, 0.3) is 0 Å². The molecule has 0 aliphatic heterocycles. The van der Waals surface area contributed by atoms with Gasteiger partial charge in [-0.3, -0.25) is 0 Å². The highest BCUT2D eigenvalue weighted by Gasteiger charge is 2.27. The van der Waals surface area contributed by atoms with Crippen LogP contribution in [0.1, 0.15) is 0 Å². The summed E-state index contributed by atoms with van der Waals surface area (Å²) >= 11 is 1.94. The highest BCUT2D eigenvalue weighted by atomic mass is 32.1. The summed E-state index contributed by atoms with van der Waals surface area (Å²) in [5, 5.41) is 4.00. The second-order valence-corrected chi connectivity index (χ2v) is 10.7. The van der Waals surface area contributed by atoms with Crippen LogP contribution in [0.15, 0.2) is 133 Å². The summed E-state index contributed by atoms with van der Waals surface area (Å²) in [6.45, 7) is 0. The molecule has 0 amide bonds. The molecule has 0 unspecified atom stereocenters. The Bertz CT molecular complexity index is 1970. The van der Waals surface area contributed by atoms with Crippen LogP contribution < -0.4 is 0 Å². The van der Waals surface area contributed by atoms with Crippen molar-refractivity contribution in [2.75, 3.05) is 0 Å². The minimum absolute atomic E-state index is 1.25. The van der Waals surface area contributed by atoms with Crippen molar-refractivity contribution in [3.8, 4) is 54.9 Å². The van der Waals surface area contributed by atoms with E-state index in [2.05, 4.69) is 133 Å². The molecular weight excluding hydrogens is 464 g/mol. The van der Waals surface area contributed by atoms with Crippen LogP contribution in [0.2, 0.25) is 0 Å². The molecule has 7 aromatic rings. The van der Waals surface area contributed by atoms with Crippen LogP contribution in [0.5, 0.6) is 0 Å². The Hall–Kier alpha value is -4.46. The van der Waals surface area contributed by atoms with Crippen molar-refractivity contribution in [1.82, 2.24) is 0 Å². The second-order valence-electron chi connectivity index (χ2n) is 9.69. The molecule has 0 atom stereocenters. The number of rotatable bonds is 2. The standard InChI is InChI=1S/C36H22S/c1-2-11-23(12-3-1)24-14-10-15-26(21-24)35-33-31-20-9-8-18-29(31)28-17-6-7-19-30(28)32-22-25-13-4-5-16-27(25)36(37-35)34(32)33/h1-22H. The molecule has 0 saturated heterocycles. The quantitative estimate of drug-likeness (QED) is 0.228. The zero-order valence-electron chi connectivity index (χ0n) is 20.1. The van der Waals surface area contributed by atoms with Gasteiger partial charge in [-0.25, -0.2) is 0 Å². The molecule has 0 N–H and O–H groups in total. The first-order valence-corrected chi connectivity index (χ1v) is 13.5. The first-order valence-electron chi connectivity index (χ1n) is 12.7. The van der Waals surface area contributed by atoms with E-state index >= 15 is 0 Å². The fourth-order valence-electron chi connectivity index (χ4n) is 5.97. The lowest BCUT2D eigenvalue weighted by molar-refractivity contribution is 1.61. The molecule has 1 heteroatoms. The lowest BCUT2D eigenvalue weighted by atomic mass is 9.92. The molecule has 1 aromatic heterocycles. The van der Waals surface area contributed by atoms with Crippen LogP contribution in [0, 0.1) is 0 Å². The van der Waals surface area contributed by atoms with Crippen molar-refractivity contribution in [1.29, 1.82) is 0 Å². The van der Waals surface area contributed by atoms with Crippen molar-refractivity contribution in [3.05, 3.63) is 133 Å². The minimum Gasteiger partial charge on any atom is -0.134 e. The molecule has 0 bridgehead atoms. The summed E-state index contributed by atoms with van der Waals surface area (Å²) in [5.74, 6) is 0. The molecule has 1 heterocycles. The molecule has 0 fully saturated rings. The molecular formula is C36H22S. The molecule has 0 radical (unpaired) electrons. The van der Waals surface area contributed by atoms with Gasteiger partial charge in [-0.2, -0.15) is 0 Å². The summed E-state index contributed by atoms with van der Waals surface area (Å²) in [4.78, 5) is 1.34. The van der Waals surface area contributed by atoms with Crippen LogP contribution in [0.3, 0.4) is 0 Å². The van der Waals surface area contributed by atoms with Gasteiger partial charge in [-0.05, 0) is 67.4 Å². The van der Waals surface area contributed by atoms with Crippen LogP contribution in [0.25, 0.3) is 75.8 Å². The third-order valence-corrected chi connectivity index (χ3v) is 8.89. The molecule has 1 aliphatic carbocycles. The monoisotopic (exact) mass is 486 g/mol. The van der Waals surface area contributed by atoms with Crippen molar-refractivity contribution in [3.63, 3.8) is 0 Å². The van der Waals surface area contributed by atoms with Crippen LogP contribution >= 0.6 is 11.3 Å². The van der Waals surface area contributed by atoms with Gasteiger partial charge in [0.2, 0.25) is 0 Å². The van der Waals surface area contributed by atoms with Crippen LogP contribution in [0.4, 0.5) is 0 Å². The van der Waals surface area contributed by atoms with E-state index in [0.717, 1.165) is 0 Å². The topological polar surface area (TPSA) is 0 Å². The third-order valence-electron chi connectivity index (χ3n) is 7.62. The average Bonchev–Trinajstić information content (AvgIpc) is 3.33. The van der Waals surface area contributed by atoms with Gasteiger partial charge < -0.3 is 0 Å². The maximum absolute atomic E-state index is 2.41. The van der Waals surface area contributed by atoms with Crippen molar-refractivity contribution >= 4 is 32.2 Å². The van der Waals surface area contributed by atoms with E-state index in [9.17, 15) is 0 Å². The van der Waals surface area contributed by atoms with Gasteiger partial charge >= 0.3 is 0 Å². The maximum atomic E-state index is 2.41. The predicted molar refractivity (Wildman–Crippen MR) is 160 cm³/mol. The van der Waals surface area contributed by atoms with E-state index in [-0.39, 0.29) is 0 Å². The molecule has 0 spiro atoms. The summed E-state index contributed by atoms with van der Waals surface area (Å²) in [7, 11) is 0. The van der Waals surface area contributed by atoms with E-state index in [4.69, 9.17) is 0 Å². The van der Waals surface area contributed by atoms with Gasteiger partial charge in [-0.15, -0.1) is 11.3 Å². The van der Waals surface area contributed by atoms with Crippen molar-refractivity contribution < 1.29 is 0 Å². The van der Waals surface area contributed by atoms with Gasteiger partial charge in [0.1, 0.15) is 0 Å². The van der Waals surface area contributed by atoms with Gasteiger partial charge in [0.15, 0.2) is 0 Å². The molecule has 0 nitrogen and oxygen atoms in total. The zero-order valence-corrected chi connectivity index (χ0v) is 20.9. The Balaban J connectivity index is 1.54. The Morgan fingerprint density at radius 1 is 0.405 bits per heavy atom. The fourth-order valence-corrected chi connectivity index (χ4v) is 7.34. The van der Waals surface area contributed by atoms with Crippen molar-refractivity contribution in [2.45, 2.75) is 0 Å². The van der Waals surface area contributed by atoms with E-state index in [1.165, 1.54) is 75.8 Å². The number of hydrogen-bond acceptors (Lipinski definition) is 1. The molecule has 1 aliphatic rings. The molecule has 6 aromatic carbocycles. The first-order chi connectivity index (χ1) is 18.4. The number of fused-ring (bicyclic) bond motifs is 7. The highest BCUT2D eigenvalue weighted by molar-refractivity contribution is 7.24. The Labute approximate surface area is 220 Å². The van der Waals surface area contributed by atoms with Crippen LogP contribution in [-0.2, 0) is 0 Å². The largest absolute Gasteiger partial charge is 0.134 e. The van der Waals surface area contributed by atoms with Gasteiger partial charge in [0, 0.05) is 20.5 Å². The summed E-state index contributed by atoms with van der Waals surface area (Å²) in [6, 6.07) is 48.8. The van der Waals surface area contributed by atoms with E-state index in [1.807, 2.05) is 11.3 Å². The number of hydrogen-bond donors (Lipinski definition) is 0. The summed E-state index contributed by atoms with van der Waals surface area (Å²) in [6.07, 6.45) is 0. The van der Waals surface area contributed by atoms with E-state index < -0.39 is 0 Å². The predicted octanol–water partition coefficient (Wildman–Crippen LogP) is 10.7. The highest BCUT2D eigenvalue weighted by Crippen LogP contribution is 2.55. The fraction of sp³-hybridized carbons (Fsp3) is 0. The lowest BCUT2D eigenvalue weighted by Crippen LogP contribution is -1.86. The Morgan fingerprint density at radius 2 is 1.00 bits per heavy atom. The van der Waals surface area contributed by atoms with E-state index in [0.29, 0.717) is 0 Å². The summed E-state index contributed by atoms with van der Waals surface area (Å²) in [5.41, 5.74) is 11.7. The molecule has 172 valence electrons. The SMILES string of the molecule is c1ccc(-c2cccc(-c3sc4c5c(cc6ccccc64)-c4ccccc4-c4ccccc4-c35)c2)cc1. The van der Waals surface area contributed by atoms with Crippen molar-refractivity contribution in [2.24, 2.45) is 0 Å². The first kappa shape index (κ1) is 20.7. The summed E-state index contributed by atoms with van der Waals surface area (Å²) < 4.78 is 1.37. The maximum Gasteiger partial charge on any atom is 0.0440 e. The van der Waals surface area contributed by atoms with Gasteiger partial charge in [0.05, 0.1) is 0 Å². The van der Waals surface area contributed by atoms with Crippen LogP contribution in [-0.4, -0.2) is 0 Å². The number of thiophene rings is 1. The molecule has 8 rings (SSSR count). The Morgan fingerprint density at radius 3 is 1.81 bits per heavy atom. The third kappa shape index (κ3) is 3.08. The average molecular weight is 487 g/mol. The smallest absolute Gasteiger partial charge is 0.0440 e. The number of benzene rings is 6.